The third-order valence-corrected chi connectivity index (χ3v) is 4.69. The van der Waals surface area contributed by atoms with Crippen LogP contribution in [0.3, 0.4) is 0 Å². The number of hydrogen-bond donors (Lipinski definition) is 1. The first kappa shape index (κ1) is 9.43. The number of piperidine rings is 1. The lowest BCUT2D eigenvalue weighted by Crippen LogP contribution is -2.45. The van der Waals surface area contributed by atoms with Crippen LogP contribution in [-0.2, 0) is 10.2 Å². The first-order chi connectivity index (χ1) is 6.08. The molecule has 1 spiro atoms. The molecule has 0 aromatic carbocycles. The maximum atomic E-state index is 11.5. The summed E-state index contributed by atoms with van der Waals surface area (Å²) in [5.74, 6) is 0. The molecule has 0 bridgehead atoms. The van der Waals surface area contributed by atoms with Crippen molar-refractivity contribution in [1.82, 2.24) is 9.03 Å². The van der Waals surface area contributed by atoms with Gasteiger partial charge in [-0.1, -0.05) is 0 Å². The Morgan fingerprint density at radius 2 is 2.00 bits per heavy atom. The smallest absolute Gasteiger partial charge is 0.205 e. The summed E-state index contributed by atoms with van der Waals surface area (Å²) in [5.41, 5.74) is 0.363. The van der Waals surface area contributed by atoms with E-state index in [-0.39, 0.29) is 0 Å². The minimum Gasteiger partial charge on any atom is -0.205 e. The Kier molecular flexibility index (Phi) is 2.13. The predicted octanol–water partition coefficient (Wildman–Crippen LogP) is 0.327. The summed E-state index contributed by atoms with van der Waals surface area (Å²) < 4.78 is 26.9. The van der Waals surface area contributed by atoms with Gasteiger partial charge in [-0.25, -0.2) is 4.72 Å². The average molecular weight is 204 g/mol. The second-order valence-corrected chi connectivity index (χ2v) is 6.02. The summed E-state index contributed by atoms with van der Waals surface area (Å²) >= 11 is 0. The van der Waals surface area contributed by atoms with E-state index in [4.69, 9.17) is 0 Å². The van der Waals surface area contributed by atoms with Gasteiger partial charge in [-0.3, -0.25) is 0 Å². The normalized spacial score (nSPS) is 27.8. The Morgan fingerprint density at radius 3 is 2.54 bits per heavy atom. The van der Waals surface area contributed by atoms with E-state index < -0.39 is 10.2 Å². The van der Waals surface area contributed by atoms with E-state index in [9.17, 15) is 8.42 Å². The van der Waals surface area contributed by atoms with E-state index in [1.807, 2.05) is 0 Å². The molecule has 2 rings (SSSR count). The van der Waals surface area contributed by atoms with Crippen LogP contribution in [0.2, 0.25) is 0 Å². The molecule has 5 heteroatoms. The highest BCUT2D eigenvalue weighted by Gasteiger charge is 2.47. The number of hydrogen-bond acceptors (Lipinski definition) is 2. The minimum absolute atomic E-state index is 0.363. The van der Waals surface area contributed by atoms with E-state index in [1.165, 1.54) is 26.3 Å². The van der Waals surface area contributed by atoms with Gasteiger partial charge in [0.2, 0.25) is 0 Å². The molecule has 0 aromatic heterocycles. The third-order valence-electron chi connectivity index (χ3n) is 3.18. The molecule has 1 aliphatic heterocycles. The van der Waals surface area contributed by atoms with E-state index >= 15 is 0 Å². The van der Waals surface area contributed by atoms with Crippen molar-refractivity contribution in [1.29, 1.82) is 0 Å². The van der Waals surface area contributed by atoms with Crippen molar-refractivity contribution in [2.24, 2.45) is 5.41 Å². The second kappa shape index (κ2) is 2.93. The Hall–Kier alpha value is -0.130. The fourth-order valence-corrected chi connectivity index (χ4v) is 3.15. The quantitative estimate of drug-likeness (QED) is 0.704. The zero-order valence-electron chi connectivity index (χ0n) is 7.91. The van der Waals surface area contributed by atoms with Gasteiger partial charge < -0.3 is 0 Å². The summed E-state index contributed by atoms with van der Waals surface area (Å²) in [7, 11) is -1.69. The summed E-state index contributed by atoms with van der Waals surface area (Å²) in [5, 5.41) is 0. The molecule has 1 saturated carbocycles. The van der Waals surface area contributed by atoms with Crippen molar-refractivity contribution < 1.29 is 8.42 Å². The summed E-state index contributed by atoms with van der Waals surface area (Å²) in [6.07, 6.45) is 4.65. The van der Waals surface area contributed by atoms with Crippen LogP contribution >= 0.6 is 0 Å². The predicted molar refractivity (Wildman–Crippen MR) is 50.5 cm³/mol. The highest BCUT2D eigenvalue weighted by molar-refractivity contribution is 7.87. The number of nitrogens with one attached hydrogen (secondary N) is 1. The highest BCUT2D eigenvalue weighted by Crippen LogP contribution is 2.52. The minimum atomic E-state index is -3.17. The summed E-state index contributed by atoms with van der Waals surface area (Å²) in [4.78, 5) is 0. The lowest BCUT2D eigenvalue weighted by molar-refractivity contribution is 0.248. The van der Waals surface area contributed by atoms with Crippen molar-refractivity contribution in [3.05, 3.63) is 0 Å². The third kappa shape index (κ3) is 1.73. The molecular formula is C8H16N2O2S. The summed E-state index contributed by atoms with van der Waals surface area (Å²) in [6.45, 7) is 1.42. The highest BCUT2D eigenvalue weighted by atomic mass is 32.2. The average Bonchev–Trinajstić information content (AvgIpc) is 2.85. The standard InChI is InChI=1S/C8H16N2O2S/c1-9-13(11,12)10-6-2-3-8(7-10)4-5-8/h9H,2-7H2,1H3. The second-order valence-electron chi connectivity index (χ2n) is 4.15. The molecule has 2 aliphatic rings. The first-order valence-electron chi connectivity index (χ1n) is 4.77. The molecule has 0 atom stereocenters. The van der Waals surface area contributed by atoms with E-state index in [0.29, 0.717) is 12.0 Å². The summed E-state index contributed by atoms with van der Waals surface area (Å²) in [6, 6.07) is 0. The van der Waals surface area contributed by atoms with Crippen molar-refractivity contribution in [3.8, 4) is 0 Å². The van der Waals surface area contributed by atoms with Gasteiger partial charge in [0.1, 0.15) is 0 Å². The molecule has 0 unspecified atom stereocenters. The molecule has 13 heavy (non-hydrogen) atoms. The van der Waals surface area contributed by atoms with Crippen LogP contribution in [-0.4, -0.2) is 32.9 Å². The molecule has 2 fully saturated rings. The lowest BCUT2D eigenvalue weighted by atomic mass is 9.97. The Bertz CT molecular complexity index is 295. The van der Waals surface area contributed by atoms with Gasteiger partial charge in [0.05, 0.1) is 0 Å². The van der Waals surface area contributed by atoms with Crippen LogP contribution in [0.4, 0.5) is 0 Å². The zero-order valence-corrected chi connectivity index (χ0v) is 8.73. The molecule has 4 nitrogen and oxygen atoms in total. The van der Waals surface area contributed by atoms with Crippen LogP contribution < -0.4 is 4.72 Å². The van der Waals surface area contributed by atoms with Gasteiger partial charge in [-0.15, -0.1) is 0 Å². The van der Waals surface area contributed by atoms with Crippen LogP contribution in [0.15, 0.2) is 0 Å². The first-order valence-corrected chi connectivity index (χ1v) is 6.21. The van der Waals surface area contributed by atoms with Crippen LogP contribution in [0.1, 0.15) is 25.7 Å². The van der Waals surface area contributed by atoms with E-state index in [0.717, 1.165) is 13.0 Å². The van der Waals surface area contributed by atoms with Crippen LogP contribution in [0, 0.1) is 5.41 Å². The van der Waals surface area contributed by atoms with Crippen molar-refractivity contribution >= 4 is 10.2 Å². The Morgan fingerprint density at radius 1 is 1.31 bits per heavy atom. The molecule has 0 amide bonds. The SMILES string of the molecule is CNS(=O)(=O)N1CCCC2(CC2)C1. The van der Waals surface area contributed by atoms with E-state index in [2.05, 4.69) is 4.72 Å². The monoisotopic (exact) mass is 204 g/mol. The number of rotatable bonds is 2. The molecule has 1 saturated heterocycles. The molecule has 1 N–H and O–H groups in total. The maximum Gasteiger partial charge on any atom is 0.279 e. The fraction of sp³-hybridized carbons (Fsp3) is 1.00. The van der Waals surface area contributed by atoms with Crippen LogP contribution in [0.5, 0.6) is 0 Å². The molecule has 1 heterocycles. The Balaban J connectivity index is 2.08. The van der Waals surface area contributed by atoms with E-state index in [1.54, 1.807) is 4.31 Å². The Labute approximate surface area is 79.5 Å². The largest absolute Gasteiger partial charge is 0.279 e. The molecule has 76 valence electrons. The van der Waals surface area contributed by atoms with Crippen LogP contribution in [0.25, 0.3) is 0 Å². The van der Waals surface area contributed by atoms with Gasteiger partial charge in [-0.05, 0) is 31.1 Å². The topological polar surface area (TPSA) is 49.4 Å². The fourth-order valence-electron chi connectivity index (χ4n) is 2.08. The van der Waals surface area contributed by atoms with Gasteiger partial charge in [-0.2, -0.15) is 12.7 Å². The van der Waals surface area contributed by atoms with Gasteiger partial charge in [0.25, 0.3) is 10.2 Å². The maximum absolute atomic E-state index is 11.5. The van der Waals surface area contributed by atoms with Crippen molar-refractivity contribution in [2.75, 3.05) is 20.1 Å². The molecule has 1 aliphatic carbocycles. The molecule has 0 aromatic rings. The molecular weight excluding hydrogens is 188 g/mol. The van der Waals surface area contributed by atoms with Gasteiger partial charge in [0, 0.05) is 20.1 Å². The lowest BCUT2D eigenvalue weighted by Gasteiger charge is -2.31. The van der Waals surface area contributed by atoms with Crippen molar-refractivity contribution in [2.45, 2.75) is 25.7 Å². The van der Waals surface area contributed by atoms with Gasteiger partial charge in [0.15, 0.2) is 0 Å². The molecule has 0 radical (unpaired) electrons. The zero-order chi connectivity index (χ0) is 9.53. The van der Waals surface area contributed by atoms with Crippen molar-refractivity contribution in [3.63, 3.8) is 0 Å². The number of nitrogens with zero attached hydrogens (tertiary/aromatic N) is 1. The van der Waals surface area contributed by atoms with Gasteiger partial charge >= 0.3 is 0 Å².